The molecule has 0 heterocycles. The molecule has 0 saturated heterocycles. The van der Waals surface area contributed by atoms with Crippen molar-refractivity contribution in [2.75, 3.05) is 6.61 Å². The molecule has 0 bridgehead atoms. The van der Waals surface area contributed by atoms with Gasteiger partial charge < -0.3 is 4.74 Å². The van der Waals surface area contributed by atoms with E-state index in [-0.39, 0.29) is 17.1 Å². The van der Waals surface area contributed by atoms with E-state index >= 15 is 4.39 Å². The first-order valence-corrected chi connectivity index (χ1v) is 13.3. The van der Waals surface area contributed by atoms with Gasteiger partial charge in [0, 0.05) is 11.1 Å². The minimum Gasteiger partial charge on any atom is -0.490 e. The number of hydrogen-bond donors (Lipinski definition) is 0. The molecule has 0 aliphatic heterocycles. The van der Waals surface area contributed by atoms with Gasteiger partial charge in [-0.05, 0) is 79.0 Å². The summed E-state index contributed by atoms with van der Waals surface area (Å²) in [4.78, 5) is 0. The molecule has 1 aliphatic rings. The first-order valence-electron chi connectivity index (χ1n) is 13.3. The van der Waals surface area contributed by atoms with Crippen molar-refractivity contribution in [2.24, 2.45) is 5.92 Å². The van der Waals surface area contributed by atoms with Crippen molar-refractivity contribution < 1.29 is 17.9 Å². The Morgan fingerprint density at radius 2 is 1.57 bits per heavy atom. The van der Waals surface area contributed by atoms with Crippen molar-refractivity contribution in [2.45, 2.75) is 58.8 Å². The molecule has 0 saturated carbocycles. The van der Waals surface area contributed by atoms with Crippen molar-refractivity contribution in [3.63, 3.8) is 0 Å². The molecule has 1 aliphatic carbocycles. The fourth-order valence-corrected chi connectivity index (χ4v) is 4.92. The SMILES string of the molecule is C/C=C/C1CC=C(c2ccc(-c3ccc(-c4ccc(OCCCCCC)c(F)c4F)cc3)cc2F)CC1. The maximum absolute atomic E-state index is 15.0. The molecule has 194 valence electrons. The predicted molar refractivity (Wildman–Crippen MR) is 147 cm³/mol. The van der Waals surface area contributed by atoms with Crippen molar-refractivity contribution in [1.29, 1.82) is 0 Å². The summed E-state index contributed by atoms with van der Waals surface area (Å²) in [5.41, 5.74) is 4.00. The van der Waals surface area contributed by atoms with Crippen LogP contribution in [0.4, 0.5) is 13.2 Å². The maximum atomic E-state index is 15.0. The Labute approximate surface area is 218 Å². The molecule has 3 aromatic carbocycles. The van der Waals surface area contributed by atoms with E-state index in [1.165, 1.54) is 6.07 Å². The summed E-state index contributed by atoms with van der Waals surface area (Å²) in [6.07, 6.45) is 13.3. The molecule has 37 heavy (non-hydrogen) atoms. The van der Waals surface area contributed by atoms with Gasteiger partial charge in [0.25, 0.3) is 0 Å². The zero-order valence-electron chi connectivity index (χ0n) is 21.7. The molecular weight excluding hydrogens is 469 g/mol. The van der Waals surface area contributed by atoms with Gasteiger partial charge >= 0.3 is 0 Å². The Bertz CT molecular complexity index is 1260. The van der Waals surface area contributed by atoms with Gasteiger partial charge in [0.15, 0.2) is 11.6 Å². The van der Waals surface area contributed by atoms with Gasteiger partial charge in [0.05, 0.1) is 6.61 Å². The van der Waals surface area contributed by atoms with Crippen LogP contribution in [0.2, 0.25) is 0 Å². The smallest absolute Gasteiger partial charge is 0.201 e. The largest absolute Gasteiger partial charge is 0.490 e. The molecule has 4 rings (SSSR count). The van der Waals surface area contributed by atoms with Crippen LogP contribution >= 0.6 is 0 Å². The molecule has 1 atom stereocenters. The Morgan fingerprint density at radius 1 is 0.838 bits per heavy atom. The number of ether oxygens (including phenoxy) is 1. The molecule has 0 fully saturated rings. The average molecular weight is 505 g/mol. The van der Waals surface area contributed by atoms with E-state index in [0.717, 1.165) is 61.6 Å². The van der Waals surface area contributed by atoms with Gasteiger partial charge in [0.2, 0.25) is 5.82 Å². The topological polar surface area (TPSA) is 9.23 Å². The summed E-state index contributed by atoms with van der Waals surface area (Å²) in [6, 6.07) is 15.4. The number of rotatable bonds is 10. The van der Waals surface area contributed by atoms with Gasteiger partial charge in [-0.2, -0.15) is 4.39 Å². The molecule has 0 aromatic heterocycles. The van der Waals surface area contributed by atoms with Crippen molar-refractivity contribution in [3.05, 3.63) is 95.8 Å². The fourth-order valence-electron chi connectivity index (χ4n) is 4.92. The van der Waals surface area contributed by atoms with E-state index in [2.05, 4.69) is 25.2 Å². The van der Waals surface area contributed by atoms with Crippen LogP contribution in [-0.2, 0) is 0 Å². The van der Waals surface area contributed by atoms with Crippen LogP contribution in [0.15, 0.2) is 72.8 Å². The van der Waals surface area contributed by atoms with Crippen molar-refractivity contribution in [3.8, 4) is 28.0 Å². The summed E-state index contributed by atoms with van der Waals surface area (Å²) < 4.78 is 49.9. The lowest BCUT2D eigenvalue weighted by molar-refractivity contribution is 0.285. The highest BCUT2D eigenvalue weighted by molar-refractivity contribution is 5.74. The van der Waals surface area contributed by atoms with Gasteiger partial charge in [0.1, 0.15) is 5.82 Å². The van der Waals surface area contributed by atoms with E-state index in [1.807, 2.05) is 19.1 Å². The first kappa shape index (κ1) is 26.8. The summed E-state index contributed by atoms with van der Waals surface area (Å²) in [5, 5.41) is 0. The number of benzene rings is 3. The summed E-state index contributed by atoms with van der Waals surface area (Å²) in [6.45, 7) is 4.51. The standard InChI is InChI=1S/C33H35F3O/c1-3-5-6-7-21-37-31-20-19-29(32(35)33(31)36)26-15-13-24(14-16-26)27-17-18-28(30(34)22-27)25-11-9-23(8-4-2)10-12-25/h4,8,11,13-20,22-23H,3,5-7,9-10,12,21H2,1-2H3/b8-4+. The molecule has 0 N–H and O–H groups in total. The zero-order chi connectivity index (χ0) is 26.2. The van der Waals surface area contributed by atoms with E-state index in [0.29, 0.717) is 23.7 Å². The van der Waals surface area contributed by atoms with Crippen LogP contribution in [0, 0.1) is 23.4 Å². The summed E-state index contributed by atoms with van der Waals surface area (Å²) >= 11 is 0. The van der Waals surface area contributed by atoms with Crippen LogP contribution in [0.1, 0.15) is 64.4 Å². The maximum Gasteiger partial charge on any atom is 0.201 e. The quantitative estimate of drug-likeness (QED) is 0.197. The van der Waals surface area contributed by atoms with E-state index in [9.17, 15) is 8.78 Å². The van der Waals surface area contributed by atoms with Crippen LogP contribution in [0.3, 0.4) is 0 Å². The van der Waals surface area contributed by atoms with Crippen LogP contribution in [0.5, 0.6) is 5.75 Å². The number of allylic oxidation sites excluding steroid dienone is 4. The highest BCUT2D eigenvalue weighted by Gasteiger charge is 2.18. The summed E-state index contributed by atoms with van der Waals surface area (Å²) in [5.74, 6) is -1.66. The average Bonchev–Trinajstić information content (AvgIpc) is 2.92. The Kier molecular flexibility index (Phi) is 9.27. The fraction of sp³-hybridized carbons (Fsp3) is 0.333. The lowest BCUT2D eigenvalue weighted by Gasteiger charge is -2.20. The summed E-state index contributed by atoms with van der Waals surface area (Å²) in [7, 11) is 0. The molecule has 3 aromatic rings. The Morgan fingerprint density at radius 3 is 2.24 bits per heavy atom. The second kappa shape index (κ2) is 12.8. The molecule has 1 nitrogen and oxygen atoms in total. The second-order valence-electron chi connectivity index (χ2n) is 9.71. The van der Waals surface area contributed by atoms with Crippen LogP contribution in [0.25, 0.3) is 27.8 Å². The lowest BCUT2D eigenvalue weighted by atomic mass is 9.86. The predicted octanol–water partition coefficient (Wildman–Crippen LogP) is 10.2. The van der Waals surface area contributed by atoms with Crippen LogP contribution in [-0.4, -0.2) is 6.61 Å². The van der Waals surface area contributed by atoms with Gasteiger partial charge in [-0.15, -0.1) is 0 Å². The molecule has 0 amide bonds. The Hall–Kier alpha value is -3.27. The minimum atomic E-state index is -0.969. The number of halogens is 3. The molecule has 0 spiro atoms. The zero-order valence-corrected chi connectivity index (χ0v) is 21.7. The third-order valence-electron chi connectivity index (χ3n) is 7.06. The molecule has 4 heteroatoms. The number of hydrogen-bond acceptors (Lipinski definition) is 1. The first-order chi connectivity index (χ1) is 18.0. The van der Waals surface area contributed by atoms with E-state index < -0.39 is 11.6 Å². The highest BCUT2D eigenvalue weighted by Crippen LogP contribution is 2.35. The molecule has 1 unspecified atom stereocenters. The Balaban J connectivity index is 1.46. The normalized spacial score (nSPS) is 15.7. The van der Waals surface area contributed by atoms with E-state index in [1.54, 1.807) is 36.4 Å². The highest BCUT2D eigenvalue weighted by atomic mass is 19.2. The third kappa shape index (κ3) is 6.54. The van der Waals surface area contributed by atoms with Crippen LogP contribution < -0.4 is 4.74 Å². The minimum absolute atomic E-state index is 0.0598. The molecule has 0 radical (unpaired) electrons. The van der Waals surface area contributed by atoms with Gasteiger partial charge in [-0.25, -0.2) is 8.78 Å². The molecular formula is C33H35F3O. The van der Waals surface area contributed by atoms with E-state index in [4.69, 9.17) is 4.74 Å². The van der Waals surface area contributed by atoms with Gasteiger partial charge in [-0.3, -0.25) is 0 Å². The van der Waals surface area contributed by atoms with Gasteiger partial charge in [-0.1, -0.05) is 80.8 Å². The number of unbranched alkanes of at least 4 members (excludes halogenated alkanes) is 3. The monoisotopic (exact) mass is 504 g/mol. The lowest BCUT2D eigenvalue weighted by Crippen LogP contribution is -2.03. The second-order valence-corrected chi connectivity index (χ2v) is 9.71. The van der Waals surface area contributed by atoms with Crippen molar-refractivity contribution >= 4 is 5.57 Å². The van der Waals surface area contributed by atoms with Crippen molar-refractivity contribution in [1.82, 2.24) is 0 Å². The third-order valence-corrected chi connectivity index (χ3v) is 7.06.